The SMILES string of the molecule is FC(F)(F)Oc1ccccc1-c1nc2c(Cl)cccc2cc1CCl. The first-order chi connectivity index (χ1) is 11.4. The number of nitrogens with zero attached hydrogens (tertiary/aromatic N) is 1. The van der Waals surface area contributed by atoms with Gasteiger partial charge in [-0.05, 0) is 29.8 Å². The molecule has 0 saturated carbocycles. The van der Waals surface area contributed by atoms with Crippen LogP contribution in [0.3, 0.4) is 0 Å². The normalized spacial score (nSPS) is 11.7. The fourth-order valence-corrected chi connectivity index (χ4v) is 2.84. The van der Waals surface area contributed by atoms with Gasteiger partial charge < -0.3 is 4.74 Å². The van der Waals surface area contributed by atoms with Crippen LogP contribution in [-0.4, -0.2) is 11.3 Å². The van der Waals surface area contributed by atoms with Gasteiger partial charge in [-0.2, -0.15) is 0 Å². The Balaban J connectivity index is 2.24. The molecule has 0 bridgehead atoms. The zero-order chi connectivity index (χ0) is 17.3. The van der Waals surface area contributed by atoms with Crippen molar-refractivity contribution in [1.29, 1.82) is 0 Å². The number of para-hydroxylation sites is 2. The molecule has 0 aliphatic rings. The van der Waals surface area contributed by atoms with Gasteiger partial charge in [0.1, 0.15) is 5.75 Å². The van der Waals surface area contributed by atoms with Crippen molar-refractivity contribution in [3.63, 3.8) is 0 Å². The summed E-state index contributed by atoms with van der Waals surface area (Å²) in [5, 5.41) is 1.17. The van der Waals surface area contributed by atoms with Crippen molar-refractivity contribution in [2.75, 3.05) is 0 Å². The van der Waals surface area contributed by atoms with Gasteiger partial charge in [0.05, 0.1) is 16.2 Å². The van der Waals surface area contributed by atoms with Crippen LogP contribution in [-0.2, 0) is 5.88 Å². The molecule has 0 unspecified atom stereocenters. The second kappa shape index (κ2) is 6.49. The Bertz CT molecular complexity index is 897. The minimum Gasteiger partial charge on any atom is -0.405 e. The summed E-state index contributed by atoms with van der Waals surface area (Å²) in [4.78, 5) is 4.44. The maximum Gasteiger partial charge on any atom is 0.573 e. The lowest BCUT2D eigenvalue weighted by Crippen LogP contribution is -2.17. The Morgan fingerprint density at radius 1 is 1.04 bits per heavy atom. The molecule has 0 aliphatic heterocycles. The van der Waals surface area contributed by atoms with E-state index in [4.69, 9.17) is 23.2 Å². The lowest BCUT2D eigenvalue weighted by molar-refractivity contribution is -0.274. The van der Waals surface area contributed by atoms with Crippen LogP contribution in [0, 0.1) is 0 Å². The average Bonchev–Trinajstić information content (AvgIpc) is 2.53. The molecule has 24 heavy (non-hydrogen) atoms. The number of hydrogen-bond donors (Lipinski definition) is 0. The van der Waals surface area contributed by atoms with E-state index in [9.17, 15) is 13.2 Å². The molecule has 0 amide bonds. The van der Waals surface area contributed by atoms with Crippen LogP contribution >= 0.6 is 23.2 Å². The van der Waals surface area contributed by atoms with Crippen molar-refractivity contribution >= 4 is 34.1 Å². The smallest absolute Gasteiger partial charge is 0.405 e. The maximum atomic E-state index is 12.6. The van der Waals surface area contributed by atoms with Crippen molar-refractivity contribution in [2.24, 2.45) is 0 Å². The van der Waals surface area contributed by atoms with E-state index in [-0.39, 0.29) is 17.2 Å². The minimum atomic E-state index is -4.80. The van der Waals surface area contributed by atoms with Crippen LogP contribution in [0.25, 0.3) is 22.2 Å². The molecule has 0 fully saturated rings. The summed E-state index contributed by atoms with van der Waals surface area (Å²) in [6, 6.07) is 12.8. The molecule has 3 aromatic rings. The second-order valence-corrected chi connectivity index (χ2v) is 5.66. The molecule has 124 valence electrons. The summed E-state index contributed by atoms with van der Waals surface area (Å²) < 4.78 is 42.1. The highest BCUT2D eigenvalue weighted by Gasteiger charge is 2.32. The van der Waals surface area contributed by atoms with Crippen LogP contribution < -0.4 is 4.74 Å². The minimum absolute atomic E-state index is 0.0884. The van der Waals surface area contributed by atoms with Crippen LogP contribution in [0.4, 0.5) is 13.2 Å². The van der Waals surface area contributed by atoms with Gasteiger partial charge in [-0.1, -0.05) is 35.9 Å². The number of pyridine rings is 1. The van der Waals surface area contributed by atoms with E-state index in [1.165, 1.54) is 18.2 Å². The van der Waals surface area contributed by atoms with Gasteiger partial charge in [0.2, 0.25) is 0 Å². The molecule has 0 atom stereocenters. The quantitative estimate of drug-likeness (QED) is 0.511. The molecular weight excluding hydrogens is 362 g/mol. The first kappa shape index (κ1) is 16.9. The van der Waals surface area contributed by atoms with Crippen molar-refractivity contribution < 1.29 is 17.9 Å². The summed E-state index contributed by atoms with van der Waals surface area (Å²) in [6.45, 7) is 0. The molecular formula is C17H10Cl2F3NO. The van der Waals surface area contributed by atoms with Gasteiger partial charge >= 0.3 is 6.36 Å². The van der Waals surface area contributed by atoms with E-state index in [1.54, 1.807) is 24.3 Å². The maximum absolute atomic E-state index is 12.6. The molecule has 0 spiro atoms. The molecule has 1 aromatic heterocycles. The Morgan fingerprint density at radius 2 is 1.79 bits per heavy atom. The highest BCUT2D eigenvalue weighted by molar-refractivity contribution is 6.35. The number of aromatic nitrogens is 1. The highest BCUT2D eigenvalue weighted by atomic mass is 35.5. The molecule has 7 heteroatoms. The molecule has 0 aliphatic carbocycles. The number of benzene rings is 2. The van der Waals surface area contributed by atoms with Crippen LogP contribution in [0.15, 0.2) is 48.5 Å². The molecule has 1 heterocycles. The third kappa shape index (κ3) is 3.42. The zero-order valence-corrected chi connectivity index (χ0v) is 13.6. The van der Waals surface area contributed by atoms with E-state index in [0.717, 1.165) is 5.39 Å². The fourth-order valence-electron chi connectivity index (χ4n) is 2.42. The van der Waals surface area contributed by atoms with Crippen molar-refractivity contribution in [3.8, 4) is 17.0 Å². The third-order valence-corrected chi connectivity index (χ3v) is 3.98. The Morgan fingerprint density at radius 3 is 2.50 bits per heavy atom. The van der Waals surface area contributed by atoms with Crippen LogP contribution in [0.5, 0.6) is 5.75 Å². The van der Waals surface area contributed by atoms with E-state index in [1.807, 2.05) is 6.07 Å². The fraction of sp³-hybridized carbons (Fsp3) is 0.118. The first-order valence-corrected chi connectivity index (χ1v) is 7.79. The number of alkyl halides is 4. The van der Waals surface area contributed by atoms with Crippen LogP contribution in [0.1, 0.15) is 5.56 Å². The van der Waals surface area contributed by atoms with Crippen molar-refractivity contribution in [2.45, 2.75) is 12.2 Å². The monoisotopic (exact) mass is 371 g/mol. The van der Waals surface area contributed by atoms with E-state index in [2.05, 4.69) is 9.72 Å². The summed E-state index contributed by atoms with van der Waals surface area (Å²) >= 11 is 12.1. The highest BCUT2D eigenvalue weighted by Crippen LogP contribution is 2.37. The summed E-state index contributed by atoms with van der Waals surface area (Å²) in [6.07, 6.45) is -4.80. The topological polar surface area (TPSA) is 22.1 Å². The predicted octanol–water partition coefficient (Wildman–Crippen LogP) is 6.19. The van der Waals surface area contributed by atoms with Gasteiger partial charge in [-0.3, -0.25) is 0 Å². The first-order valence-electron chi connectivity index (χ1n) is 6.88. The van der Waals surface area contributed by atoms with E-state index < -0.39 is 6.36 Å². The standard InChI is InChI=1S/C17H10Cl2F3NO/c18-9-11-8-10-4-3-6-13(19)16(10)23-15(11)12-5-1-2-7-14(12)24-17(20,21)22/h1-8H,9H2. The third-order valence-electron chi connectivity index (χ3n) is 3.39. The average molecular weight is 372 g/mol. The second-order valence-electron chi connectivity index (χ2n) is 4.99. The van der Waals surface area contributed by atoms with Gasteiger partial charge in [-0.15, -0.1) is 24.8 Å². The molecule has 3 rings (SSSR count). The Labute approximate surface area is 145 Å². The van der Waals surface area contributed by atoms with Gasteiger partial charge in [0.15, 0.2) is 0 Å². The van der Waals surface area contributed by atoms with Crippen molar-refractivity contribution in [1.82, 2.24) is 4.98 Å². The molecule has 2 aromatic carbocycles. The number of fused-ring (bicyclic) bond motifs is 1. The molecule has 2 nitrogen and oxygen atoms in total. The Kier molecular flexibility index (Phi) is 4.56. The van der Waals surface area contributed by atoms with E-state index in [0.29, 0.717) is 21.8 Å². The zero-order valence-electron chi connectivity index (χ0n) is 12.1. The predicted molar refractivity (Wildman–Crippen MR) is 88.4 cm³/mol. The number of hydrogen-bond acceptors (Lipinski definition) is 2. The number of rotatable bonds is 3. The molecule has 0 N–H and O–H groups in total. The molecule has 0 saturated heterocycles. The van der Waals surface area contributed by atoms with Gasteiger partial charge in [-0.25, -0.2) is 4.98 Å². The molecule has 0 radical (unpaired) electrons. The van der Waals surface area contributed by atoms with E-state index >= 15 is 0 Å². The number of halogens is 5. The number of ether oxygens (including phenoxy) is 1. The summed E-state index contributed by atoms with van der Waals surface area (Å²) in [5.41, 5.74) is 1.59. The lowest BCUT2D eigenvalue weighted by Gasteiger charge is -2.15. The van der Waals surface area contributed by atoms with Crippen molar-refractivity contribution in [3.05, 3.63) is 59.1 Å². The largest absolute Gasteiger partial charge is 0.573 e. The lowest BCUT2D eigenvalue weighted by atomic mass is 10.0. The Hall–Kier alpha value is -1.98. The van der Waals surface area contributed by atoms with Crippen LogP contribution in [0.2, 0.25) is 5.02 Å². The summed E-state index contributed by atoms with van der Waals surface area (Å²) in [7, 11) is 0. The van der Waals surface area contributed by atoms with Gasteiger partial charge in [0.25, 0.3) is 0 Å². The summed E-state index contributed by atoms with van der Waals surface area (Å²) in [5.74, 6) is -0.249. The van der Waals surface area contributed by atoms with Gasteiger partial charge in [0, 0.05) is 16.8 Å².